The first-order chi connectivity index (χ1) is 13.6. The molecule has 0 spiro atoms. The number of thiophene rings is 1. The molecule has 0 radical (unpaired) electrons. The highest BCUT2D eigenvalue weighted by Gasteiger charge is 2.17. The lowest BCUT2D eigenvalue weighted by Crippen LogP contribution is -2.13. The van der Waals surface area contributed by atoms with Crippen LogP contribution in [0.5, 0.6) is 0 Å². The first kappa shape index (κ1) is 18.1. The van der Waals surface area contributed by atoms with Gasteiger partial charge in [-0.05, 0) is 48.7 Å². The fourth-order valence-electron chi connectivity index (χ4n) is 2.58. The van der Waals surface area contributed by atoms with Gasteiger partial charge in [0.15, 0.2) is 5.76 Å². The zero-order valence-corrected chi connectivity index (χ0v) is 16.4. The summed E-state index contributed by atoms with van der Waals surface area (Å²) in [6.45, 7) is 1.82. The van der Waals surface area contributed by atoms with E-state index in [1.165, 1.54) is 17.6 Å². The second-order valence-corrected chi connectivity index (χ2v) is 7.69. The molecule has 0 saturated heterocycles. The minimum Gasteiger partial charge on any atom is -0.459 e. The summed E-state index contributed by atoms with van der Waals surface area (Å²) in [5, 5.41) is 10.4. The summed E-state index contributed by atoms with van der Waals surface area (Å²) in [7, 11) is 0. The maximum Gasteiger partial charge on any atom is 0.291 e. The molecular formula is C20H15N3O3S2. The normalized spacial score (nSPS) is 10.6. The zero-order chi connectivity index (χ0) is 19.5. The first-order valence-corrected chi connectivity index (χ1v) is 10.1. The Hall–Kier alpha value is -3.23. The van der Waals surface area contributed by atoms with Crippen LogP contribution in [-0.4, -0.2) is 16.8 Å². The summed E-state index contributed by atoms with van der Waals surface area (Å²) in [6.07, 6.45) is 1.44. The molecule has 4 aromatic rings. The lowest BCUT2D eigenvalue weighted by atomic mass is 10.2. The number of amides is 2. The van der Waals surface area contributed by atoms with Crippen LogP contribution in [0.2, 0.25) is 0 Å². The van der Waals surface area contributed by atoms with Crippen LogP contribution in [0, 0.1) is 6.92 Å². The van der Waals surface area contributed by atoms with Crippen molar-refractivity contribution in [3.8, 4) is 10.6 Å². The third-order valence-corrected chi connectivity index (χ3v) is 5.78. The number of hydrogen-bond donors (Lipinski definition) is 2. The van der Waals surface area contributed by atoms with Gasteiger partial charge in [-0.3, -0.25) is 9.59 Å². The van der Waals surface area contributed by atoms with Crippen molar-refractivity contribution in [2.24, 2.45) is 0 Å². The van der Waals surface area contributed by atoms with Gasteiger partial charge < -0.3 is 15.1 Å². The number of anilines is 2. The maximum absolute atomic E-state index is 12.7. The molecule has 0 fully saturated rings. The molecule has 2 amide bonds. The average Bonchev–Trinajstić information content (AvgIpc) is 3.43. The average molecular weight is 409 g/mol. The topological polar surface area (TPSA) is 84.2 Å². The molecule has 28 heavy (non-hydrogen) atoms. The number of furan rings is 1. The van der Waals surface area contributed by atoms with E-state index in [-0.39, 0.29) is 17.6 Å². The molecule has 2 N–H and O–H groups in total. The van der Waals surface area contributed by atoms with Crippen LogP contribution in [-0.2, 0) is 0 Å². The molecule has 0 aliphatic rings. The molecule has 0 unspecified atom stereocenters. The van der Waals surface area contributed by atoms with Gasteiger partial charge in [0.2, 0.25) is 0 Å². The van der Waals surface area contributed by atoms with E-state index in [2.05, 4.69) is 15.6 Å². The lowest BCUT2D eigenvalue weighted by molar-refractivity contribution is 0.0995. The van der Waals surface area contributed by atoms with Crippen LogP contribution in [0.4, 0.5) is 11.4 Å². The van der Waals surface area contributed by atoms with Crippen molar-refractivity contribution in [1.82, 2.24) is 4.98 Å². The van der Waals surface area contributed by atoms with Gasteiger partial charge in [0.05, 0.1) is 12.0 Å². The van der Waals surface area contributed by atoms with Gasteiger partial charge in [-0.1, -0.05) is 6.07 Å². The summed E-state index contributed by atoms with van der Waals surface area (Å²) in [6, 6.07) is 12.2. The molecule has 0 atom stereocenters. The Morgan fingerprint density at radius 3 is 2.50 bits per heavy atom. The Balaban J connectivity index is 1.49. The van der Waals surface area contributed by atoms with Crippen molar-refractivity contribution >= 4 is 45.9 Å². The highest BCUT2D eigenvalue weighted by Crippen LogP contribution is 2.30. The Morgan fingerprint density at radius 2 is 1.82 bits per heavy atom. The molecule has 0 saturated carbocycles. The van der Waals surface area contributed by atoms with Gasteiger partial charge >= 0.3 is 0 Å². The molecular weight excluding hydrogens is 394 g/mol. The number of carbonyl (C=O) groups excluding carboxylic acids is 2. The number of aryl methyl sites for hydroxylation is 1. The fourth-order valence-corrected chi connectivity index (χ4v) is 4.25. The number of carbonyl (C=O) groups is 2. The van der Waals surface area contributed by atoms with E-state index in [1.807, 2.05) is 23.8 Å². The predicted molar refractivity (Wildman–Crippen MR) is 111 cm³/mol. The summed E-state index contributed by atoms with van der Waals surface area (Å²) < 4.78 is 5.08. The third-order valence-electron chi connectivity index (χ3n) is 3.89. The van der Waals surface area contributed by atoms with Crippen molar-refractivity contribution in [2.75, 3.05) is 10.6 Å². The number of hydrogen-bond acceptors (Lipinski definition) is 6. The Bertz CT molecular complexity index is 1120. The van der Waals surface area contributed by atoms with Crippen molar-refractivity contribution in [1.29, 1.82) is 0 Å². The second kappa shape index (κ2) is 7.79. The molecule has 8 heteroatoms. The highest BCUT2D eigenvalue weighted by atomic mass is 32.1. The van der Waals surface area contributed by atoms with Gasteiger partial charge in [-0.2, -0.15) is 11.3 Å². The summed E-state index contributed by atoms with van der Waals surface area (Å²) in [5.41, 5.74) is 2.83. The molecule has 140 valence electrons. The Kier molecular flexibility index (Phi) is 5.05. The summed E-state index contributed by atoms with van der Waals surface area (Å²) in [4.78, 5) is 29.8. The number of rotatable bonds is 5. The minimum absolute atomic E-state index is 0.218. The predicted octanol–water partition coefficient (Wildman–Crippen LogP) is 5.28. The number of aromatic nitrogens is 1. The quantitative estimate of drug-likeness (QED) is 0.470. The number of benzene rings is 1. The molecule has 3 heterocycles. The number of thiazole rings is 1. The zero-order valence-electron chi connectivity index (χ0n) is 14.8. The first-order valence-electron chi connectivity index (χ1n) is 8.36. The van der Waals surface area contributed by atoms with Crippen LogP contribution in [0.3, 0.4) is 0 Å². The standard InChI is InChI=1S/C20H15N3O3S2/c1-12-17(28-20(21-12)13-7-9-27-11-13)19(25)23-15-5-2-4-14(10-15)22-18(24)16-6-3-8-26-16/h2-11H,1H3,(H,22,24)(H,23,25). The lowest BCUT2D eigenvalue weighted by Gasteiger charge is -2.07. The largest absolute Gasteiger partial charge is 0.459 e. The van der Waals surface area contributed by atoms with E-state index in [0.717, 1.165) is 10.6 Å². The van der Waals surface area contributed by atoms with Crippen LogP contribution in [0.25, 0.3) is 10.6 Å². The number of nitrogens with one attached hydrogen (secondary N) is 2. The SMILES string of the molecule is Cc1nc(-c2ccsc2)sc1C(=O)Nc1cccc(NC(=O)c2ccco2)c1. The Morgan fingerprint density at radius 1 is 1.04 bits per heavy atom. The molecule has 0 aliphatic heterocycles. The minimum atomic E-state index is -0.354. The van der Waals surface area contributed by atoms with E-state index in [4.69, 9.17) is 4.42 Å². The van der Waals surface area contributed by atoms with E-state index in [9.17, 15) is 9.59 Å². The van der Waals surface area contributed by atoms with E-state index >= 15 is 0 Å². The monoisotopic (exact) mass is 409 g/mol. The smallest absolute Gasteiger partial charge is 0.291 e. The molecule has 4 rings (SSSR count). The molecule has 1 aromatic carbocycles. The van der Waals surface area contributed by atoms with Crippen LogP contribution in [0.15, 0.2) is 63.9 Å². The third kappa shape index (κ3) is 3.88. The van der Waals surface area contributed by atoms with Gasteiger partial charge in [0.25, 0.3) is 11.8 Å². The summed E-state index contributed by atoms with van der Waals surface area (Å²) in [5.74, 6) is -0.367. The number of nitrogens with zero attached hydrogens (tertiary/aromatic N) is 1. The van der Waals surface area contributed by atoms with Crippen LogP contribution >= 0.6 is 22.7 Å². The molecule has 3 aromatic heterocycles. The van der Waals surface area contributed by atoms with Crippen molar-refractivity contribution < 1.29 is 14.0 Å². The second-order valence-electron chi connectivity index (χ2n) is 5.91. The highest BCUT2D eigenvalue weighted by molar-refractivity contribution is 7.17. The van der Waals surface area contributed by atoms with Crippen LogP contribution in [0.1, 0.15) is 25.9 Å². The summed E-state index contributed by atoms with van der Waals surface area (Å²) >= 11 is 2.95. The van der Waals surface area contributed by atoms with Gasteiger partial charge in [0, 0.05) is 22.3 Å². The van der Waals surface area contributed by atoms with Crippen molar-refractivity contribution in [2.45, 2.75) is 6.92 Å². The van der Waals surface area contributed by atoms with E-state index in [1.54, 1.807) is 47.7 Å². The van der Waals surface area contributed by atoms with Crippen molar-refractivity contribution in [3.63, 3.8) is 0 Å². The van der Waals surface area contributed by atoms with E-state index < -0.39 is 0 Å². The fraction of sp³-hybridized carbons (Fsp3) is 0.0500. The molecule has 0 aliphatic carbocycles. The molecule has 6 nitrogen and oxygen atoms in total. The van der Waals surface area contributed by atoms with Crippen molar-refractivity contribution in [3.05, 3.63) is 75.8 Å². The Labute approximate surface area is 168 Å². The van der Waals surface area contributed by atoms with Gasteiger partial charge in [0.1, 0.15) is 9.88 Å². The maximum atomic E-state index is 12.7. The van der Waals surface area contributed by atoms with Gasteiger partial charge in [-0.25, -0.2) is 4.98 Å². The van der Waals surface area contributed by atoms with Crippen LogP contribution < -0.4 is 10.6 Å². The van der Waals surface area contributed by atoms with E-state index in [0.29, 0.717) is 21.9 Å². The van der Waals surface area contributed by atoms with Gasteiger partial charge in [-0.15, -0.1) is 11.3 Å². The molecule has 0 bridgehead atoms.